The minimum atomic E-state index is -0.341. The Bertz CT molecular complexity index is 811. The average Bonchev–Trinajstić information content (AvgIpc) is 2.65. The minimum absolute atomic E-state index is 0.00558. The van der Waals surface area contributed by atoms with Gasteiger partial charge in [0.2, 0.25) is 0 Å². The van der Waals surface area contributed by atoms with E-state index >= 15 is 0 Å². The maximum atomic E-state index is 13.0. The fraction of sp³-hybridized carbons (Fsp3) is 0.591. The molecule has 0 spiro atoms. The van der Waals surface area contributed by atoms with Gasteiger partial charge >= 0.3 is 12.1 Å². The van der Waals surface area contributed by atoms with Crippen LogP contribution in [0.3, 0.4) is 0 Å². The van der Waals surface area contributed by atoms with E-state index in [1.807, 2.05) is 34.6 Å². The minimum Gasteiger partial charge on any atom is -0.487 e. The van der Waals surface area contributed by atoms with Gasteiger partial charge in [-0.05, 0) is 45.9 Å². The van der Waals surface area contributed by atoms with Crippen molar-refractivity contribution in [3.63, 3.8) is 0 Å². The fourth-order valence-electron chi connectivity index (χ4n) is 3.35. The van der Waals surface area contributed by atoms with Gasteiger partial charge < -0.3 is 30.5 Å². The van der Waals surface area contributed by atoms with E-state index < -0.39 is 0 Å². The number of benzene rings is 1. The molecular formula is C22H35N5O4. The zero-order valence-corrected chi connectivity index (χ0v) is 19.5. The molecule has 0 unspecified atom stereocenters. The first-order valence-corrected chi connectivity index (χ1v) is 10.6. The average molecular weight is 434 g/mol. The maximum Gasteiger partial charge on any atom is 0.319 e. The molecule has 0 radical (unpaired) electrons. The van der Waals surface area contributed by atoms with Gasteiger partial charge in [-0.25, -0.2) is 9.59 Å². The normalized spacial score (nSPS) is 18.6. The van der Waals surface area contributed by atoms with Gasteiger partial charge in [0, 0.05) is 44.3 Å². The number of fused-ring (bicyclic) bond motifs is 1. The summed E-state index contributed by atoms with van der Waals surface area (Å²) in [6, 6.07) is 4.52. The third-order valence-electron chi connectivity index (χ3n) is 4.92. The topological polar surface area (TPSA) is 103 Å². The molecule has 1 aliphatic rings. The molecule has 1 aromatic rings. The van der Waals surface area contributed by atoms with E-state index in [-0.39, 0.29) is 42.1 Å². The summed E-state index contributed by atoms with van der Waals surface area (Å²) in [5, 5.41) is 8.36. The fourth-order valence-corrected chi connectivity index (χ4v) is 3.35. The van der Waals surface area contributed by atoms with Gasteiger partial charge in [0.05, 0.1) is 12.1 Å². The molecule has 9 heteroatoms. The van der Waals surface area contributed by atoms with E-state index in [0.29, 0.717) is 30.1 Å². The smallest absolute Gasteiger partial charge is 0.319 e. The van der Waals surface area contributed by atoms with Crippen molar-refractivity contribution < 1.29 is 19.1 Å². The second kappa shape index (κ2) is 10.4. The largest absolute Gasteiger partial charge is 0.487 e. The number of amides is 5. The molecule has 0 aromatic heterocycles. The van der Waals surface area contributed by atoms with Crippen LogP contribution in [0, 0.1) is 5.92 Å². The molecule has 1 aliphatic heterocycles. The summed E-state index contributed by atoms with van der Waals surface area (Å²) in [6.07, 6.45) is -0.305. The number of carbonyl (C=O) groups excluding carboxylic acids is 3. The van der Waals surface area contributed by atoms with E-state index in [1.54, 1.807) is 42.1 Å². The zero-order valence-electron chi connectivity index (χ0n) is 19.5. The van der Waals surface area contributed by atoms with Crippen LogP contribution in [0.1, 0.15) is 45.0 Å². The van der Waals surface area contributed by atoms with Crippen molar-refractivity contribution in [2.75, 3.05) is 32.5 Å². The first kappa shape index (κ1) is 24.3. The summed E-state index contributed by atoms with van der Waals surface area (Å²) >= 11 is 0. The lowest BCUT2D eigenvalue weighted by molar-refractivity contribution is 0.0577. The van der Waals surface area contributed by atoms with Crippen molar-refractivity contribution in [2.45, 2.75) is 52.8 Å². The first-order chi connectivity index (χ1) is 14.5. The van der Waals surface area contributed by atoms with Crippen molar-refractivity contribution in [1.29, 1.82) is 0 Å². The number of urea groups is 2. The Morgan fingerprint density at radius 3 is 2.45 bits per heavy atom. The summed E-state index contributed by atoms with van der Waals surface area (Å²) in [6.45, 7) is 10.4. The molecule has 2 atom stereocenters. The molecule has 172 valence electrons. The number of anilines is 1. The van der Waals surface area contributed by atoms with Gasteiger partial charge in [-0.15, -0.1) is 0 Å². The van der Waals surface area contributed by atoms with E-state index in [4.69, 9.17) is 4.74 Å². The summed E-state index contributed by atoms with van der Waals surface area (Å²) in [7, 11) is 3.47. The quantitative estimate of drug-likeness (QED) is 0.664. The third kappa shape index (κ3) is 6.77. The van der Waals surface area contributed by atoms with Gasteiger partial charge in [-0.3, -0.25) is 4.79 Å². The Morgan fingerprint density at radius 2 is 1.84 bits per heavy atom. The molecule has 0 bridgehead atoms. The zero-order chi connectivity index (χ0) is 23.3. The van der Waals surface area contributed by atoms with Crippen molar-refractivity contribution >= 4 is 23.7 Å². The van der Waals surface area contributed by atoms with Gasteiger partial charge in [0.15, 0.2) is 0 Å². The maximum absolute atomic E-state index is 13.0. The van der Waals surface area contributed by atoms with Crippen LogP contribution in [0.4, 0.5) is 15.3 Å². The van der Waals surface area contributed by atoms with Crippen LogP contribution in [0.15, 0.2) is 18.2 Å². The highest BCUT2D eigenvalue weighted by atomic mass is 16.5. The van der Waals surface area contributed by atoms with Crippen LogP contribution in [-0.2, 0) is 0 Å². The first-order valence-electron chi connectivity index (χ1n) is 10.6. The Balaban J connectivity index is 2.25. The van der Waals surface area contributed by atoms with E-state index in [2.05, 4.69) is 16.0 Å². The standard InChI is InChI=1S/C22H35N5O4/c1-13(2)23-21(29)25-16-8-9-18-17(10-16)20(28)26(6)11-15(5)19(31-18)12-27(7)22(30)24-14(3)4/h8-10,13-15,19H,11-12H2,1-7H3,(H,24,30)(H2,23,25,29)/t15-,19+/m1/s1. The van der Waals surface area contributed by atoms with Gasteiger partial charge in [-0.2, -0.15) is 0 Å². The van der Waals surface area contributed by atoms with Crippen LogP contribution in [0.25, 0.3) is 0 Å². The summed E-state index contributed by atoms with van der Waals surface area (Å²) < 4.78 is 6.22. The van der Waals surface area contributed by atoms with Crippen molar-refractivity contribution in [2.24, 2.45) is 5.92 Å². The molecular weight excluding hydrogens is 398 g/mol. The van der Waals surface area contributed by atoms with E-state index in [1.165, 1.54) is 0 Å². The Labute approximate surface area is 184 Å². The highest BCUT2D eigenvalue weighted by Gasteiger charge is 2.31. The van der Waals surface area contributed by atoms with Crippen molar-refractivity contribution in [3.8, 4) is 5.75 Å². The van der Waals surface area contributed by atoms with Crippen LogP contribution >= 0.6 is 0 Å². The number of likely N-dealkylation sites (N-methyl/N-ethyl adjacent to an activating group) is 1. The van der Waals surface area contributed by atoms with Crippen LogP contribution in [-0.4, -0.2) is 73.1 Å². The number of nitrogens with zero attached hydrogens (tertiary/aromatic N) is 2. The van der Waals surface area contributed by atoms with E-state index in [9.17, 15) is 14.4 Å². The lowest BCUT2D eigenvalue weighted by atomic mass is 10.0. The van der Waals surface area contributed by atoms with Gasteiger partial charge in [0.1, 0.15) is 11.9 Å². The van der Waals surface area contributed by atoms with Crippen LogP contribution < -0.4 is 20.7 Å². The molecule has 1 heterocycles. The molecule has 1 aromatic carbocycles. The SMILES string of the molecule is CC(C)NC(=O)Nc1ccc2c(c1)C(=O)N(C)C[C@@H](C)[C@H](CN(C)C(=O)NC(C)C)O2. The van der Waals surface area contributed by atoms with Crippen LogP contribution in [0.2, 0.25) is 0 Å². The van der Waals surface area contributed by atoms with Crippen LogP contribution in [0.5, 0.6) is 5.75 Å². The molecule has 5 amide bonds. The number of carbonyl (C=O) groups is 3. The van der Waals surface area contributed by atoms with Gasteiger partial charge in [-0.1, -0.05) is 6.92 Å². The molecule has 31 heavy (non-hydrogen) atoms. The highest BCUT2D eigenvalue weighted by Crippen LogP contribution is 2.29. The number of hydrogen-bond donors (Lipinski definition) is 3. The summed E-state index contributed by atoms with van der Waals surface area (Å²) in [5.41, 5.74) is 0.872. The Kier molecular flexibility index (Phi) is 8.13. The van der Waals surface area contributed by atoms with Crippen molar-refractivity contribution in [3.05, 3.63) is 23.8 Å². The molecule has 0 saturated heterocycles. The Hall–Kier alpha value is -2.97. The molecule has 0 fully saturated rings. The number of nitrogens with one attached hydrogen (secondary N) is 3. The second-order valence-electron chi connectivity index (χ2n) is 8.77. The predicted molar refractivity (Wildman–Crippen MR) is 121 cm³/mol. The molecule has 2 rings (SSSR count). The predicted octanol–water partition coefficient (Wildman–Crippen LogP) is 2.74. The Morgan fingerprint density at radius 1 is 1.19 bits per heavy atom. The van der Waals surface area contributed by atoms with Crippen molar-refractivity contribution in [1.82, 2.24) is 20.4 Å². The molecule has 0 saturated carbocycles. The number of rotatable bonds is 5. The number of hydrogen-bond acceptors (Lipinski definition) is 4. The molecule has 0 aliphatic carbocycles. The third-order valence-corrected chi connectivity index (χ3v) is 4.92. The monoisotopic (exact) mass is 433 g/mol. The van der Waals surface area contributed by atoms with E-state index in [0.717, 1.165) is 0 Å². The highest BCUT2D eigenvalue weighted by molar-refractivity contribution is 5.99. The summed E-state index contributed by atoms with van der Waals surface area (Å²) in [5.74, 6) is 0.256. The lowest BCUT2D eigenvalue weighted by Gasteiger charge is -2.35. The lowest BCUT2D eigenvalue weighted by Crippen LogP contribution is -2.49. The second-order valence-corrected chi connectivity index (χ2v) is 8.77. The summed E-state index contributed by atoms with van der Waals surface area (Å²) in [4.78, 5) is 40.5. The molecule has 9 nitrogen and oxygen atoms in total. The molecule has 3 N–H and O–H groups in total. The van der Waals surface area contributed by atoms with Gasteiger partial charge in [0.25, 0.3) is 5.91 Å². The number of ether oxygens (including phenoxy) is 1.